The van der Waals surface area contributed by atoms with E-state index in [1.54, 1.807) is 24.3 Å². The summed E-state index contributed by atoms with van der Waals surface area (Å²) in [5.41, 5.74) is 2.08. The average molecular weight is 403 g/mol. The van der Waals surface area contributed by atoms with E-state index in [1.165, 1.54) is 12.6 Å². The minimum absolute atomic E-state index is 0.0850. The molecule has 0 aliphatic rings. The maximum absolute atomic E-state index is 12.6. The van der Waals surface area contributed by atoms with E-state index in [1.807, 2.05) is 32.0 Å². The van der Waals surface area contributed by atoms with Crippen molar-refractivity contribution in [1.82, 2.24) is 9.62 Å². The lowest BCUT2D eigenvalue weighted by Gasteiger charge is -2.29. The number of benzene rings is 2. The lowest BCUT2D eigenvalue weighted by atomic mass is 9.79. The van der Waals surface area contributed by atoms with Crippen molar-refractivity contribution in [2.45, 2.75) is 50.5 Å². The van der Waals surface area contributed by atoms with Gasteiger partial charge in [-0.2, -0.15) is 4.31 Å². The number of nitrogens with zero attached hydrogens (tertiary/aromatic N) is 1. The third kappa shape index (κ3) is 5.66. The molecule has 0 saturated carbocycles. The molecule has 0 unspecified atom stereocenters. The minimum Gasteiger partial charge on any atom is -0.352 e. The molecule has 1 atom stereocenters. The van der Waals surface area contributed by atoms with E-state index in [0.29, 0.717) is 0 Å². The van der Waals surface area contributed by atoms with Crippen LogP contribution in [-0.2, 0) is 20.2 Å². The zero-order valence-electron chi connectivity index (χ0n) is 17.3. The Balaban J connectivity index is 1.96. The molecule has 2 aromatic carbocycles. The molecule has 0 aromatic heterocycles. The Morgan fingerprint density at radius 1 is 1.07 bits per heavy atom. The summed E-state index contributed by atoms with van der Waals surface area (Å²) < 4.78 is 26.3. The molecule has 1 amide bonds. The molecule has 0 fully saturated rings. The fourth-order valence-corrected chi connectivity index (χ4v) is 4.45. The molecule has 0 heterocycles. The summed E-state index contributed by atoms with van der Waals surface area (Å²) in [6.07, 6.45) is 0.747. The van der Waals surface area contributed by atoms with Gasteiger partial charge in [-0.3, -0.25) is 4.79 Å². The van der Waals surface area contributed by atoms with Gasteiger partial charge in [0.1, 0.15) is 0 Å². The molecule has 2 aromatic rings. The standard InChI is InChI=1S/C22H30N2O3S/c1-17-11-13-20(14-12-17)28(26,27)24(5)16-21(25)23-18(2)15-22(3,4)19-9-7-6-8-10-19/h6-14,18H,15-16H2,1-5H3,(H,23,25)/t18-/m0/s1. The topological polar surface area (TPSA) is 66.5 Å². The Labute approximate surface area is 168 Å². The first-order valence-corrected chi connectivity index (χ1v) is 10.8. The van der Waals surface area contributed by atoms with Crippen LogP contribution in [0.15, 0.2) is 59.5 Å². The first-order chi connectivity index (χ1) is 13.0. The number of rotatable bonds is 8. The second-order valence-electron chi connectivity index (χ2n) is 8.00. The number of nitrogens with one attached hydrogen (secondary N) is 1. The van der Waals surface area contributed by atoms with Gasteiger partial charge in [-0.05, 0) is 43.4 Å². The van der Waals surface area contributed by atoms with Crippen LogP contribution < -0.4 is 5.32 Å². The Bertz CT molecular complexity index is 891. The van der Waals surface area contributed by atoms with Crippen molar-refractivity contribution in [3.8, 4) is 0 Å². The van der Waals surface area contributed by atoms with Gasteiger partial charge in [-0.25, -0.2) is 8.42 Å². The number of hydrogen-bond acceptors (Lipinski definition) is 3. The highest BCUT2D eigenvalue weighted by atomic mass is 32.2. The Hall–Kier alpha value is -2.18. The Morgan fingerprint density at radius 3 is 2.21 bits per heavy atom. The van der Waals surface area contributed by atoms with E-state index >= 15 is 0 Å². The number of carbonyl (C=O) groups excluding carboxylic acids is 1. The minimum atomic E-state index is -3.69. The number of likely N-dealkylation sites (N-methyl/N-ethyl adjacent to an activating group) is 1. The molecular weight excluding hydrogens is 372 g/mol. The number of carbonyl (C=O) groups is 1. The van der Waals surface area contributed by atoms with Gasteiger partial charge in [0.2, 0.25) is 15.9 Å². The molecule has 5 nitrogen and oxygen atoms in total. The molecule has 0 bridgehead atoms. The van der Waals surface area contributed by atoms with Crippen molar-refractivity contribution in [3.63, 3.8) is 0 Å². The van der Waals surface area contributed by atoms with Gasteiger partial charge in [-0.15, -0.1) is 0 Å². The van der Waals surface area contributed by atoms with Crippen LogP contribution >= 0.6 is 0 Å². The molecule has 152 valence electrons. The van der Waals surface area contributed by atoms with E-state index in [-0.39, 0.29) is 28.8 Å². The van der Waals surface area contributed by atoms with E-state index in [0.717, 1.165) is 16.3 Å². The fraction of sp³-hybridized carbons (Fsp3) is 0.409. The summed E-state index contributed by atoms with van der Waals surface area (Å²) in [7, 11) is -2.27. The van der Waals surface area contributed by atoms with Crippen molar-refractivity contribution in [1.29, 1.82) is 0 Å². The summed E-state index contributed by atoms with van der Waals surface area (Å²) in [6.45, 7) is 7.90. The van der Waals surface area contributed by atoms with Crippen LogP contribution in [-0.4, -0.2) is 38.3 Å². The summed E-state index contributed by atoms with van der Waals surface area (Å²) in [5, 5.41) is 2.92. The van der Waals surface area contributed by atoms with Gasteiger partial charge in [0.25, 0.3) is 0 Å². The summed E-state index contributed by atoms with van der Waals surface area (Å²) in [4.78, 5) is 12.6. The molecule has 0 aliphatic heterocycles. The summed E-state index contributed by atoms with van der Waals surface area (Å²) in [6, 6.07) is 16.7. The highest BCUT2D eigenvalue weighted by molar-refractivity contribution is 7.89. The normalized spacial score (nSPS) is 13.4. The zero-order chi connectivity index (χ0) is 20.9. The Kier molecular flexibility index (Phi) is 7.01. The lowest BCUT2D eigenvalue weighted by molar-refractivity contribution is -0.121. The van der Waals surface area contributed by atoms with Crippen molar-refractivity contribution in [2.24, 2.45) is 0 Å². The predicted octanol–water partition coefficient (Wildman–Crippen LogP) is 3.49. The maximum atomic E-state index is 12.6. The third-order valence-electron chi connectivity index (χ3n) is 4.87. The molecule has 28 heavy (non-hydrogen) atoms. The van der Waals surface area contributed by atoms with Crippen LogP contribution in [0.2, 0.25) is 0 Å². The monoisotopic (exact) mass is 402 g/mol. The van der Waals surface area contributed by atoms with Gasteiger partial charge in [0.05, 0.1) is 11.4 Å². The highest BCUT2D eigenvalue weighted by Gasteiger charge is 2.26. The van der Waals surface area contributed by atoms with Crippen LogP contribution in [0.1, 0.15) is 38.3 Å². The SMILES string of the molecule is Cc1ccc(S(=O)(=O)N(C)CC(=O)N[C@@H](C)CC(C)(C)c2ccccc2)cc1. The first-order valence-electron chi connectivity index (χ1n) is 9.40. The van der Waals surface area contributed by atoms with Crippen LogP contribution in [0.4, 0.5) is 0 Å². The molecule has 0 radical (unpaired) electrons. The molecule has 1 N–H and O–H groups in total. The maximum Gasteiger partial charge on any atom is 0.243 e. The molecule has 6 heteroatoms. The van der Waals surface area contributed by atoms with Crippen molar-refractivity contribution >= 4 is 15.9 Å². The molecule has 0 aliphatic carbocycles. The van der Waals surface area contributed by atoms with Crippen molar-refractivity contribution < 1.29 is 13.2 Å². The zero-order valence-corrected chi connectivity index (χ0v) is 18.1. The van der Waals surface area contributed by atoms with Crippen molar-refractivity contribution in [2.75, 3.05) is 13.6 Å². The highest BCUT2D eigenvalue weighted by Crippen LogP contribution is 2.28. The largest absolute Gasteiger partial charge is 0.352 e. The van der Waals surface area contributed by atoms with Crippen LogP contribution in [0.5, 0.6) is 0 Å². The Morgan fingerprint density at radius 2 is 1.64 bits per heavy atom. The van der Waals surface area contributed by atoms with Gasteiger partial charge in [-0.1, -0.05) is 61.9 Å². The van der Waals surface area contributed by atoms with Gasteiger partial charge >= 0.3 is 0 Å². The predicted molar refractivity (Wildman–Crippen MR) is 113 cm³/mol. The van der Waals surface area contributed by atoms with Crippen LogP contribution in [0, 0.1) is 6.92 Å². The summed E-state index contributed by atoms with van der Waals surface area (Å²) in [5.74, 6) is -0.311. The lowest BCUT2D eigenvalue weighted by Crippen LogP contribution is -2.43. The van der Waals surface area contributed by atoms with Crippen LogP contribution in [0.3, 0.4) is 0 Å². The number of sulfonamides is 1. The average Bonchev–Trinajstić information content (AvgIpc) is 2.62. The van der Waals surface area contributed by atoms with E-state index in [2.05, 4.69) is 31.3 Å². The van der Waals surface area contributed by atoms with Crippen molar-refractivity contribution in [3.05, 3.63) is 65.7 Å². The third-order valence-corrected chi connectivity index (χ3v) is 6.69. The number of amides is 1. The quantitative estimate of drug-likeness (QED) is 0.735. The molecule has 0 saturated heterocycles. The molecule has 2 rings (SSSR count). The summed E-state index contributed by atoms with van der Waals surface area (Å²) >= 11 is 0. The number of aryl methyl sites for hydroxylation is 1. The second-order valence-corrected chi connectivity index (χ2v) is 10.0. The van der Waals surface area contributed by atoms with E-state index < -0.39 is 10.0 Å². The molecule has 0 spiro atoms. The van der Waals surface area contributed by atoms with E-state index in [9.17, 15) is 13.2 Å². The first kappa shape index (κ1) is 22.1. The van der Waals surface area contributed by atoms with E-state index in [4.69, 9.17) is 0 Å². The van der Waals surface area contributed by atoms with Gasteiger partial charge in [0, 0.05) is 13.1 Å². The van der Waals surface area contributed by atoms with Gasteiger partial charge < -0.3 is 5.32 Å². The van der Waals surface area contributed by atoms with Gasteiger partial charge in [0.15, 0.2) is 0 Å². The smallest absolute Gasteiger partial charge is 0.243 e. The van der Waals surface area contributed by atoms with Crippen LogP contribution in [0.25, 0.3) is 0 Å². The molecular formula is C22H30N2O3S. The number of hydrogen-bond donors (Lipinski definition) is 1. The second kappa shape index (κ2) is 8.88. The fourth-order valence-electron chi connectivity index (χ4n) is 3.32.